The second-order valence-corrected chi connectivity index (χ2v) is 7.16. The highest BCUT2D eigenvalue weighted by Crippen LogP contribution is 2.37. The number of furan rings is 1. The molecule has 0 aliphatic heterocycles. The topological polar surface area (TPSA) is 17.0 Å². The van der Waals surface area contributed by atoms with Crippen LogP contribution in [0, 0.1) is 12.7 Å². The molecule has 28 heavy (non-hydrogen) atoms. The van der Waals surface area contributed by atoms with Crippen LogP contribution in [0.15, 0.2) is 83.4 Å². The monoisotopic (exact) mass is 368 g/mol. The molecule has 0 N–H and O–H groups in total. The Morgan fingerprint density at radius 1 is 0.821 bits per heavy atom. The molecule has 0 bridgehead atoms. The number of nitrogens with zero attached hydrogens (tertiary/aromatic N) is 1. The predicted octanol–water partition coefficient (Wildman–Crippen LogP) is 6.19. The van der Waals surface area contributed by atoms with Crippen LogP contribution in [0.3, 0.4) is 0 Å². The van der Waals surface area contributed by atoms with E-state index in [0.29, 0.717) is 5.58 Å². The van der Waals surface area contributed by atoms with Crippen LogP contribution in [0.1, 0.15) is 5.56 Å². The first-order valence-electron chi connectivity index (χ1n) is 9.29. The minimum atomic E-state index is -0.289. The Bertz CT molecular complexity index is 1340. The van der Waals surface area contributed by atoms with Gasteiger partial charge in [-0.2, -0.15) is 0 Å². The first-order valence-corrected chi connectivity index (χ1v) is 9.29. The summed E-state index contributed by atoms with van der Waals surface area (Å²) < 4.78 is 21.9. The van der Waals surface area contributed by atoms with Crippen molar-refractivity contribution in [2.45, 2.75) is 6.92 Å². The molecule has 136 valence electrons. The van der Waals surface area contributed by atoms with Gasteiger partial charge in [-0.25, -0.2) is 8.96 Å². The lowest BCUT2D eigenvalue weighted by atomic mass is 9.99. The maximum atomic E-state index is 13.7. The van der Waals surface area contributed by atoms with E-state index >= 15 is 0 Å². The Morgan fingerprint density at radius 2 is 1.61 bits per heavy atom. The van der Waals surface area contributed by atoms with E-state index in [1.165, 1.54) is 17.7 Å². The molecule has 3 heteroatoms. The van der Waals surface area contributed by atoms with Crippen LogP contribution in [-0.4, -0.2) is 0 Å². The zero-order chi connectivity index (χ0) is 19.3. The molecular weight excluding hydrogens is 349 g/mol. The lowest BCUT2D eigenvalue weighted by Gasteiger charge is -2.07. The largest absolute Gasteiger partial charge is 0.455 e. The number of hydrogen-bond acceptors (Lipinski definition) is 1. The Kier molecular flexibility index (Phi) is 3.76. The summed E-state index contributed by atoms with van der Waals surface area (Å²) in [6, 6.07) is 23.4. The molecular formula is C25H19FNO+. The zero-order valence-electron chi connectivity index (χ0n) is 15.7. The summed E-state index contributed by atoms with van der Waals surface area (Å²) in [5, 5.41) is 1.93. The van der Waals surface area contributed by atoms with Crippen LogP contribution < -0.4 is 4.57 Å². The van der Waals surface area contributed by atoms with Gasteiger partial charge in [-0.15, -0.1) is 0 Å². The van der Waals surface area contributed by atoms with Crippen LogP contribution in [0.5, 0.6) is 0 Å². The third-order valence-corrected chi connectivity index (χ3v) is 5.31. The average Bonchev–Trinajstić information content (AvgIpc) is 3.06. The molecule has 0 amide bonds. The Balaban J connectivity index is 1.75. The van der Waals surface area contributed by atoms with Gasteiger partial charge in [0.15, 0.2) is 6.20 Å². The molecule has 0 unspecified atom stereocenters. The van der Waals surface area contributed by atoms with E-state index in [2.05, 4.69) is 54.1 Å². The summed E-state index contributed by atoms with van der Waals surface area (Å²) in [7, 11) is 2.04. The van der Waals surface area contributed by atoms with Gasteiger partial charge in [0.25, 0.3) is 0 Å². The van der Waals surface area contributed by atoms with E-state index in [1.807, 2.05) is 25.2 Å². The summed E-state index contributed by atoms with van der Waals surface area (Å²) in [6.07, 6.45) is 2.13. The molecule has 0 radical (unpaired) electrons. The molecule has 0 fully saturated rings. The fourth-order valence-electron chi connectivity index (χ4n) is 3.90. The quantitative estimate of drug-likeness (QED) is 0.339. The lowest BCUT2D eigenvalue weighted by molar-refractivity contribution is -0.659. The number of halogens is 1. The number of aromatic nitrogens is 1. The van der Waals surface area contributed by atoms with Crippen molar-refractivity contribution >= 4 is 21.9 Å². The van der Waals surface area contributed by atoms with Crippen molar-refractivity contribution in [2.24, 2.45) is 7.05 Å². The average molecular weight is 368 g/mol. The van der Waals surface area contributed by atoms with Gasteiger partial charge in [-0.3, -0.25) is 0 Å². The molecule has 0 spiro atoms. The number of hydrogen-bond donors (Lipinski definition) is 0. The smallest absolute Gasteiger partial charge is 0.216 e. The van der Waals surface area contributed by atoms with Gasteiger partial charge in [0.05, 0.1) is 5.56 Å². The summed E-state index contributed by atoms with van der Waals surface area (Å²) in [4.78, 5) is 0. The van der Waals surface area contributed by atoms with E-state index < -0.39 is 0 Å². The van der Waals surface area contributed by atoms with Crippen LogP contribution in [0.4, 0.5) is 4.39 Å². The van der Waals surface area contributed by atoms with Crippen LogP contribution in [0.2, 0.25) is 0 Å². The molecule has 2 nitrogen and oxygen atoms in total. The summed E-state index contributed by atoms with van der Waals surface area (Å²) >= 11 is 0. The molecule has 2 aromatic heterocycles. The minimum absolute atomic E-state index is 0.289. The van der Waals surface area contributed by atoms with Crippen molar-refractivity contribution in [3.05, 3.63) is 90.4 Å². The highest BCUT2D eigenvalue weighted by molar-refractivity contribution is 6.09. The minimum Gasteiger partial charge on any atom is -0.455 e. The third-order valence-electron chi connectivity index (χ3n) is 5.31. The molecule has 0 aliphatic carbocycles. The predicted molar refractivity (Wildman–Crippen MR) is 110 cm³/mol. The molecule has 0 atom stereocenters. The molecule has 0 saturated heterocycles. The van der Waals surface area contributed by atoms with Crippen molar-refractivity contribution in [3.8, 4) is 22.4 Å². The van der Waals surface area contributed by atoms with Gasteiger partial charge in [0.2, 0.25) is 5.69 Å². The molecule has 0 aliphatic rings. The number of aryl methyl sites for hydroxylation is 2. The van der Waals surface area contributed by atoms with Crippen LogP contribution in [0.25, 0.3) is 44.3 Å². The van der Waals surface area contributed by atoms with Crippen molar-refractivity contribution in [1.82, 2.24) is 0 Å². The molecule has 3 aromatic carbocycles. The van der Waals surface area contributed by atoms with E-state index in [-0.39, 0.29) is 5.82 Å². The van der Waals surface area contributed by atoms with Crippen LogP contribution in [-0.2, 0) is 7.05 Å². The second-order valence-electron chi connectivity index (χ2n) is 7.16. The standard InChI is InChI=1S/C25H19FNO/c1-16-8-11-21-20-12-10-19(26)14-23(20)28-25(21)24(16)22-13-9-18(15-27(22)2)17-6-4-3-5-7-17/h3-15H,1-2H3/q+1. The van der Waals surface area contributed by atoms with E-state index in [0.717, 1.165) is 38.7 Å². The lowest BCUT2D eigenvalue weighted by Crippen LogP contribution is -2.30. The summed E-state index contributed by atoms with van der Waals surface area (Å²) in [5.41, 5.74) is 6.92. The molecule has 5 aromatic rings. The fraction of sp³-hybridized carbons (Fsp3) is 0.0800. The third kappa shape index (κ3) is 2.59. The first-order chi connectivity index (χ1) is 13.6. The van der Waals surface area contributed by atoms with E-state index in [9.17, 15) is 4.39 Å². The van der Waals surface area contributed by atoms with E-state index in [4.69, 9.17) is 4.42 Å². The SMILES string of the molecule is Cc1ccc2c(oc3cc(F)ccc32)c1-c1ccc(-c2ccccc2)c[n+]1C. The number of rotatable bonds is 2. The highest BCUT2D eigenvalue weighted by atomic mass is 19.1. The van der Waals surface area contributed by atoms with Gasteiger partial charge in [-0.05, 0) is 36.2 Å². The van der Waals surface area contributed by atoms with Crippen LogP contribution >= 0.6 is 0 Å². The van der Waals surface area contributed by atoms with Crippen molar-refractivity contribution in [2.75, 3.05) is 0 Å². The summed E-state index contributed by atoms with van der Waals surface area (Å²) in [5.74, 6) is -0.289. The number of pyridine rings is 1. The van der Waals surface area contributed by atoms with Crippen molar-refractivity contribution in [3.63, 3.8) is 0 Å². The van der Waals surface area contributed by atoms with Gasteiger partial charge in [-0.1, -0.05) is 42.5 Å². The Hall–Kier alpha value is -3.46. The van der Waals surface area contributed by atoms with E-state index in [1.54, 1.807) is 6.07 Å². The van der Waals surface area contributed by atoms with Gasteiger partial charge in [0.1, 0.15) is 24.0 Å². The fourth-order valence-corrected chi connectivity index (χ4v) is 3.90. The van der Waals surface area contributed by atoms with Crippen molar-refractivity contribution in [1.29, 1.82) is 0 Å². The Labute approximate surface area is 162 Å². The Morgan fingerprint density at radius 3 is 2.39 bits per heavy atom. The molecule has 0 saturated carbocycles. The van der Waals surface area contributed by atoms with Crippen molar-refractivity contribution < 1.29 is 13.4 Å². The van der Waals surface area contributed by atoms with Gasteiger partial charge in [0, 0.05) is 28.5 Å². The number of benzene rings is 3. The normalized spacial score (nSPS) is 11.4. The van der Waals surface area contributed by atoms with Gasteiger partial charge >= 0.3 is 0 Å². The number of fused-ring (bicyclic) bond motifs is 3. The first kappa shape index (κ1) is 16.7. The summed E-state index contributed by atoms with van der Waals surface area (Å²) in [6.45, 7) is 2.08. The maximum absolute atomic E-state index is 13.7. The molecule has 2 heterocycles. The van der Waals surface area contributed by atoms with Gasteiger partial charge < -0.3 is 4.42 Å². The maximum Gasteiger partial charge on any atom is 0.216 e. The highest BCUT2D eigenvalue weighted by Gasteiger charge is 2.21. The molecule has 5 rings (SSSR count). The zero-order valence-corrected chi connectivity index (χ0v) is 15.7. The second kappa shape index (κ2) is 6.31.